The van der Waals surface area contributed by atoms with Gasteiger partial charge in [0, 0.05) is 60.6 Å². The number of H-pyrrole nitrogens is 1. The quantitative estimate of drug-likeness (QED) is 0.454. The van der Waals surface area contributed by atoms with Crippen LogP contribution < -0.4 is 5.32 Å². The van der Waals surface area contributed by atoms with Crippen LogP contribution in [0.25, 0.3) is 16.7 Å². The SMILES string of the molecule is OC1CN(Cc2cn(-c3ccnc(Nc4ccc5cn[nH]c5c4)n3)nc2C2CC2)C1. The van der Waals surface area contributed by atoms with E-state index in [9.17, 15) is 5.11 Å². The molecule has 0 amide bonds. The van der Waals surface area contributed by atoms with Crippen LogP contribution in [-0.2, 0) is 6.54 Å². The molecule has 3 N–H and O–H groups in total. The summed E-state index contributed by atoms with van der Waals surface area (Å²) in [7, 11) is 0. The van der Waals surface area contributed by atoms with Crippen LogP contribution in [0.4, 0.5) is 11.6 Å². The molecule has 3 aromatic heterocycles. The molecule has 0 unspecified atom stereocenters. The number of nitrogens with one attached hydrogen (secondary N) is 2. The second-order valence-electron chi connectivity index (χ2n) is 8.14. The third kappa shape index (κ3) is 3.31. The number of aliphatic hydroxyl groups excluding tert-OH is 1. The number of hydrogen-bond donors (Lipinski definition) is 3. The predicted octanol–water partition coefficient (Wildman–Crippen LogP) is 2.34. The van der Waals surface area contributed by atoms with Crippen LogP contribution in [0.2, 0.25) is 0 Å². The summed E-state index contributed by atoms with van der Waals surface area (Å²) in [6, 6.07) is 7.83. The molecule has 1 saturated carbocycles. The third-order valence-corrected chi connectivity index (χ3v) is 5.69. The van der Waals surface area contributed by atoms with Crippen molar-refractivity contribution in [1.29, 1.82) is 0 Å². The minimum atomic E-state index is -0.194. The van der Waals surface area contributed by atoms with E-state index in [0.29, 0.717) is 11.9 Å². The number of fused-ring (bicyclic) bond motifs is 1. The number of likely N-dealkylation sites (tertiary alicyclic amines) is 1. The Balaban J connectivity index is 1.26. The zero-order chi connectivity index (χ0) is 20.1. The minimum absolute atomic E-state index is 0.194. The van der Waals surface area contributed by atoms with Crippen molar-refractivity contribution < 1.29 is 5.11 Å². The Morgan fingerprint density at radius 3 is 2.93 bits per heavy atom. The van der Waals surface area contributed by atoms with Crippen LogP contribution in [0.15, 0.2) is 42.9 Å². The van der Waals surface area contributed by atoms with E-state index >= 15 is 0 Å². The summed E-state index contributed by atoms with van der Waals surface area (Å²) < 4.78 is 1.85. The van der Waals surface area contributed by atoms with Crippen molar-refractivity contribution in [3.63, 3.8) is 0 Å². The van der Waals surface area contributed by atoms with E-state index in [0.717, 1.165) is 47.7 Å². The van der Waals surface area contributed by atoms with Gasteiger partial charge in [0.1, 0.15) is 0 Å². The van der Waals surface area contributed by atoms with Gasteiger partial charge in [0.2, 0.25) is 5.95 Å². The van der Waals surface area contributed by atoms with E-state index in [-0.39, 0.29) is 6.10 Å². The number of anilines is 2. The standard InChI is InChI=1S/C21H22N8O/c30-17-11-28(12-17)9-15-10-29(27-20(15)13-1-2-13)19-5-6-22-21(25-19)24-16-4-3-14-8-23-26-18(14)7-16/h3-8,10,13,17,30H,1-2,9,11-12H2,(H,23,26)(H,22,24,25). The van der Waals surface area contributed by atoms with Crippen molar-refractivity contribution in [2.24, 2.45) is 0 Å². The molecule has 0 spiro atoms. The minimum Gasteiger partial charge on any atom is -0.390 e. The molecule has 4 aromatic rings. The topological polar surface area (TPSA) is 108 Å². The number of aromatic amines is 1. The Morgan fingerprint density at radius 1 is 1.20 bits per heavy atom. The lowest BCUT2D eigenvalue weighted by Gasteiger charge is -2.35. The molecule has 30 heavy (non-hydrogen) atoms. The Bertz CT molecular complexity index is 1200. The Hall–Kier alpha value is -3.30. The second kappa shape index (κ2) is 6.89. The average molecular weight is 402 g/mol. The molecule has 2 aliphatic rings. The van der Waals surface area contributed by atoms with Gasteiger partial charge in [0.05, 0.1) is 23.5 Å². The molecule has 9 nitrogen and oxygen atoms in total. The number of nitrogens with zero attached hydrogens (tertiary/aromatic N) is 6. The number of aliphatic hydroxyl groups is 1. The van der Waals surface area contributed by atoms with Crippen molar-refractivity contribution in [1.82, 2.24) is 34.8 Å². The average Bonchev–Trinajstić information content (AvgIpc) is 3.31. The fourth-order valence-corrected chi connectivity index (χ4v) is 3.96. The lowest BCUT2D eigenvalue weighted by Crippen LogP contribution is -2.49. The van der Waals surface area contributed by atoms with Crippen LogP contribution in [0.5, 0.6) is 0 Å². The van der Waals surface area contributed by atoms with Crippen LogP contribution in [0.1, 0.15) is 30.0 Å². The molecule has 0 atom stereocenters. The highest BCUT2D eigenvalue weighted by Crippen LogP contribution is 2.41. The van der Waals surface area contributed by atoms with Gasteiger partial charge in [-0.05, 0) is 31.0 Å². The monoisotopic (exact) mass is 402 g/mol. The molecule has 4 heterocycles. The summed E-state index contributed by atoms with van der Waals surface area (Å²) in [6.07, 6.45) is 7.80. The molecule has 9 heteroatoms. The van der Waals surface area contributed by atoms with E-state index in [1.165, 1.54) is 18.4 Å². The van der Waals surface area contributed by atoms with Crippen molar-refractivity contribution >= 4 is 22.5 Å². The molecular formula is C21H22N8O. The van der Waals surface area contributed by atoms with E-state index in [1.807, 2.05) is 28.9 Å². The molecule has 152 valence electrons. The summed E-state index contributed by atoms with van der Waals surface area (Å²) in [5.74, 6) is 1.79. The first kappa shape index (κ1) is 17.5. The van der Waals surface area contributed by atoms with E-state index in [2.05, 4.69) is 36.6 Å². The molecule has 1 aliphatic carbocycles. The first-order chi connectivity index (χ1) is 14.7. The molecule has 6 rings (SSSR count). The van der Waals surface area contributed by atoms with E-state index in [4.69, 9.17) is 5.10 Å². The van der Waals surface area contributed by atoms with Crippen molar-refractivity contribution in [2.75, 3.05) is 18.4 Å². The van der Waals surface area contributed by atoms with Gasteiger partial charge >= 0.3 is 0 Å². The zero-order valence-electron chi connectivity index (χ0n) is 16.4. The molecule has 0 radical (unpaired) electrons. The maximum atomic E-state index is 9.58. The molecule has 0 bridgehead atoms. The normalized spacial score (nSPS) is 17.4. The van der Waals surface area contributed by atoms with Crippen LogP contribution >= 0.6 is 0 Å². The molecule has 1 aromatic carbocycles. The maximum absolute atomic E-state index is 9.58. The van der Waals surface area contributed by atoms with Gasteiger partial charge in [0.15, 0.2) is 5.82 Å². The van der Waals surface area contributed by atoms with Crippen LogP contribution in [0.3, 0.4) is 0 Å². The summed E-state index contributed by atoms with van der Waals surface area (Å²) >= 11 is 0. The summed E-state index contributed by atoms with van der Waals surface area (Å²) in [6.45, 7) is 2.29. The van der Waals surface area contributed by atoms with E-state index in [1.54, 1.807) is 12.4 Å². The van der Waals surface area contributed by atoms with Gasteiger partial charge in [0.25, 0.3) is 0 Å². The van der Waals surface area contributed by atoms with Gasteiger partial charge < -0.3 is 10.4 Å². The Labute approximate surface area is 172 Å². The Morgan fingerprint density at radius 2 is 2.10 bits per heavy atom. The van der Waals surface area contributed by atoms with Crippen LogP contribution in [0, 0.1) is 0 Å². The largest absolute Gasteiger partial charge is 0.390 e. The summed E-state index contributed by atoms with van der Waals surface area (Å²) in [4.78, 5) is 11.3. The van der Waals surface area contributed by atoms with Crippen molar-refractivity contribution in [3.05, 3.63) is 54.1 Å². The highest BCUT2D eigenvalue weighted by molar-refractivity contribution is 5.82. The lowest BCUT2D eigenvalue weighted by atomic mass is 10.1. The van der Waals surface area contributed by atoms with Crippen molar-refractivity contribution in [3.8, 4) is 5.82 Å². The fraction of sp³-hybridized carbons (Fsp3) is 0.333. The second-order valence-corrected chi connectivity index (χ2v) is 8.14. The van der Waals surface area contributed by atoms with Gasteiger partial charge in [-0.2, -0.15) is 15.2 Å². The number of benzene rings is 1. The van der Waals surface area contributed by atoms with Crippen LogP contribution in [-0.4, -0.2) is 59.1 Å². The highest BCUT2D eigenvalue weighted by Gasteiger charge is 2.32. The molecular weight excluding hydrogens is 380 g/mol. The van der Waals surface area contributed by atoms with Crippen molar-refractivity contribution in [2.45, 2.75) is 31.4 Å². The third-order valence-electron chi connectivity index (χ3n) is 5.69. The van der Waals surface area contributed by atoms with Gasteiger partial charge in [-0.15, -0.1) is 0 Å². The first-order valence-corrected chi connectivity index (χ1v) is 10.2. The van der Waals surface area contributed by atoms with Gasteiger partial charge in [-0.1, -0.05) is 0 Å². The maximum Gasteiger partial charge on any atom is 0.229 e. The fourth-order valence-electron chi connectivity index (χ4n) is 3.96. The number of β-amino-alcohol motifs (C(OH)–C–C–N with tert-alkyl or cyclic N) is 1. The molecule has 1 aliphatic heterocycles. The van der Waals surface area contributed by atoms with Gasteiger partial charge in [-0.25, -0.2) is 9.67 Å². The molecule has 2 fully saturated rings. The summed E-state index contributed by atoms with van der Waals surface area (Å²) in [5, 5.41) is 25.8. The summed E-state index contributed by atoms with van der Waals surface area (Å²) in [5.41, 5.74) is 4.23. The Kier molecular flexibility index (Phi) is 4.03. The smallest absolute Gasteiger partial charge is 0.229 e. The van der Waals surface area contributed by atoms with E-state index < -0.39 is 0 Å². The lowest BCUT2D eigenvalue weighted by molar-refractivity contribution is -0.00300. The first-order valence-electron chi connectivity index (χ1n) is 10.2. The predicted molar refractivity (Wildman–Crippen MR) is 112 cm³/mol. The highest BCUT2D eigenvalue weighted by atomic mass is 16.3. The number of aromatic nitrogens is 6. The molecule has 1 saturated heterocycles. The number of rotatable bonds is 6. The zero-order valence-corrected chi connectivity index (χ0v) is 16.4. The number of hydrogen-bond acceptors (Lipinski definition) is 7. The van der Waals surface area contributed by atoms with Gasteiger partial charge in [-0.3, -0.25) is 10.00 Å².